The summed E-state index contributed by atoms with van der Waals surface area (Å²) in [6.45, 7) is 3.78. The Morgan fingerprint density at radius 1 is 1.30 bits per heavy atom. The SMILES string of the molecule is CN=C(NCc1cccc(OC)c1)NCC(C)c1ccsc1.I. The second-order valence-corrected chi connectivity index (χ2v) is 5.90. The maximum atomic E-state index is 5.24. The molecule has 0 saturated heterocycles. The van der Waals surface area contributed by atoms with Gasteiger partial charge in [0, 0.05) is 20.1 Å². The summed E-state index contributed by atoms with van der Waals surface area (Å²) in [7, 11) is 3.47. The van der Waals surface area contributed by atoms with E-state index >= 15 is 0 Å². The molecule has 0 bridgehead atoms. The summed E-state index contributed by atoms with van der Waals surface area (Å²) in [5, 5.41) is 11.0. The molecule has 0 aliphatic carbocycles. The number of guanidine groups is 1. The van der Waals surface area contributed by atoms with Crippen LogP contribution in [0, 0.1) is 0 Å². The highest BCUT2D eigenvalue weighted by molar-refractivity contribution is 14.0. The highest BCUT2D eigenvalue weighted by Crippen LogP contribution is 2.17. The standard InChI is InChI=1S/C17H23N3OS.HI/c1-13(15-7-8-22-12-15)10-19-17(18-2)20-11-14-5-4-6-16(9-14)21-3;/h4-9,12-13H,10-11H2,1-3H3,(H2,18,19,20);1H. The molecule has 1 atom stereocenters. The zero-order valence-electron chi connectivity index (χ0n) is 13.7. The van der Waals surface area contributed by atoms with E-state index in [4.69, 9.17) is 4.74 Å². The van der Waals surface area contributed by atoms with Gasteiger partial charge in [-0.3, -0.25) is 4.99 Å². The van der Waals surface area contributed by atoms with Gasteiger partial charge in [-0.15, -0.1) is 24.0 Å². The number of benzene rings is 1. The van der Waals surface area contributed by atoms with Gasteiger partial charge < -0.3 is 15.4 Å². The number of ether oxygens (including phenoxy) is 1. The molecule has 0 aliphatic rings. The molecule has 23 heavy (non-hydrogen) atoms. The highest BCUT2D eigenvalue weighted by atomic mass is 127. The van der Waals surface area contributed by atoms with Crippen molar-refractivity contribution in [1.82, 2.24) is 10.6 Å². The molecular formula is C17H24IN3OS. The predicted molar refractivity (Wildman–Crippen MR) is 109 cm³/mol. The fourth-order valence-electron chi connectivity index (χ4n) is 2.11. The Kier molecular flexibility index (Phi) is 9.01. The van der Waals surface area contributed by atoms with Gasteiger partial charge >= 0.3 is 0 Å². The van der Waals surface area contributed by atoms with E-state index in [2.05, 4.69) is 45.4 Å². The molecule has 126 valence electrons. The first-order chi connectivity index (χ1) is 10.7. The Labute approximate surface area is 159 Å². The minimum Gasteiger partial charge on any atom is -0.497 e. The number of hydrogen-bond acceptors (Lipinski definition) is 3. The van der Waals surface area contributed by atoms with Gasteiger partial charge in [0.15, 0.2) is 5.96 Å². The number of aliphatic imine (C=N–C) groups is 1. The molecular weight excluding hydrogens is 421 g/mol. The zero-order chi connectivity index (χ0) is 15.8. The van der Waals surface area contributed by atoms with Crippen molar-refractivity contribution in [1.29, 1.82) is 0 Å². The van der Waals surface area contributed by atoms with Crippen LogP contribution in [0.3, 0.4) is 0 Å². The van der Waals surface area contributed by atoms with Crippen molar-refractivity contribution in [3.63, 3.8) is 0 Å². The predicted octanol–water partition coefficient (Wildman–Crippen LogP) is 3.84. The maximum absolute atomic E-state index is 5.24. The average Bonchev–Trinajstić information content (AvgIpc) is 3.09. The third-order valence-corrected chi connectivity index (χ3v) is 4.21. The smallest absolute Gasteiger partial charge is 0.191 e. The van der Waals surface area contributed by atoms with E-state index in [-0.39, 0.29) is 24.0 Å². The van der Waals surface area contributed by atoms with Gasteiger partial charge in [-0.25, -0.2) is 0 Å². The summed E-state index contributed by atoms with van der Waals surface area (Å²) in [6, 6.07) is 10.2. The molecule has 1 aromatic heterocycles. The van der Waals surface area contributed by atoms with Crippen LogP contribution in [-0.4, -0.2) is 26.7 Å². The Balaban J connectivity index is 0.00000264. The van der Waals surface area contributed by atoms with Gasteiger partial charge in [0.25, 0.3) is 0 Å². The summed E-state index contributed by atoms with van der Waals surface area (Å²) in [4.78, 5) is 4.26. The molecule has 0 amide bonds. The number of rotatable bonds is 6. The van der Waals surface area contributed by atoms with Gasteiger partial charge in [-0.05, 0) is 46.0 Å². The van der Waals surface area contributed by atoms with Gasteiger partial charge in [-0.2, -0.15) is 11.3 Å². The van der Waals surface area contributed by atoms with E-state index in [1.807, 2.05) is 18.2 Å². The lowest BCUT2D eigenvalue weighted by atomic mass is 10.1. The molecule has 1 heterocycles. The largest absolute Gasteiger partial charge is 0.497 e. The van der Waals surface area contributed by atoms with Crippen molar-refractivity contribution in [3.05, 3.63) is 52.2 Å². The molecule has 0 saturated carbocycles. The first-order valence-electron chi connectivity index (χ1n) is 7.32. The summed E-state index contributed by atoms with van der Waals surface area (Å²) < 4.78 is 5.24. The quantitative estimate of drug-likeness (QED) is 0.404. The summed E-state index contributed by atoms with van der Waals surface area (Å²) in [6.07, 6.45) is 0. The monoisotopic (exact) mass is 445 g/mol. The van der Waals surface area contributed by atoms with Crippen LogP contribution in [0.4, 0.5) is 0 Å². The van der Waals surface area contributed by atoms with Crippen molar-refractivity contribution >= 4 is 41.3 Å². The second kappa shape index (κ2) is 10.5. The summed E-state index contributed by atoms with van der Waals surface area (Å²) in [5.74, 6) is 2.14. The van der Waals surface area contributed by atoms with Crippen LogP contribution in [-0.2, 0) is 6.54 Å². The molecule has 0 fully saturated rings. The highest BCUT2D eigenvalue weighted by Gasteiger charge is 2.07. The van der Waals surface area contributed by atoms with Gasteiger partial charge in [0.2, 0.25) is 0 Å². The fraction of sp³-hybridized carbons (Fsp3) is 0.353. The van der Waals surface area contributed by atoms with E-state index in [1.54, 1.807) is 25.5 Å². The fourth-order valence-corrected chi connectivity index (χ4v) is 2.89. The maximum Gasteiger partial charge on any atom is 0.191 e. The number of nitrogens with one attached hydrogen (secondary N) is 2. The zero-order valence-corrected chi connectivity index (χ0v) is 16.9. The van der Waals surface area contributed by atoms with Gasteiger partial charge in [0.05, 0.1) is 7.11 Å². The normalized spacial score (nSPS) is 12.2. The van der Waals surface area contributed by atoms with E-state index in [0.717, 1.165) is 23.8 Å². The van der Waals surface area contributed by atoms with Crippen molar-refractivity contribution in [2.24, 2.45) is 4.99 Å². The molecule has 4 nitrogen and oxygen atoms in total. The molecule has 6 heteroatoms. The molecule has 1 aromatic carbocycles. The third kappa shape index (κ3) is 6.39. The topological polar surface area (TPSA) is 45.7 Å². The molecule has 0 aliphatic heterocycles. The molecule has 1 unspecified atom stereocenters. The number of methoxy groups -OCH3 is 1. The lowest BCUT2D eigenvalue weighted by Crippen LogP contribution is -2.38. The first-order valence-corrected chi connectivity index (χ1v) is 8.26. The molecule has 0 radical (unpaired) electrons. The summed E-state index contributed by atoms with van der Waals surface area (Å²) in [5.41, 5.74) is 2.52. The Hall–Kier alpha value is -1.28. The van der Waals surface area contributed by atoms with E-state index in [1.165, 1.54) is 5.56 Å². The third-order valence-electron chi connectivity index (χ3n) is 3.51. The number of hydrogen-bond donors (Lipinski definition) is 2. The number of thiophene rings is 1. The van der Waals surface area contributed by atoms with Crippen LogP contribution in [0.25, 0.3) is 0 Å². The van der Waals surface area contributed by atoms with E-state index in [9.17, 15) is 0 Å². The number of halogens is 1. The second-order valence-electron chi connectivity index (χ2n) is 5.12. The van der Waals surface area contributed by atoms with Gasteiger partial charge in [0.1, 0.15) is 5.75 Å². The minimum absolute atomic E-state index is 0. The van der Waals surface area contributed by atoms with Crippen LogP contribution in [0.1, 0.15) is 24.0 Å². The van der Waals surface area contributed by atoms with Crippen molar-refractivity contribution < 1.29 is 4.74 Å². The van der Waals surface area contributed by atoms with Gasteiger partial charge in [-0.1, -0.05) is 19.1 Å². The van der Waals surface area contributed by atoms with Crippen LogP contribution in [0.5, 0.6) is 5.75 Å². The Morgan fingerprint density at radius 2 is 2.13 bits per heavy atom. The molecule has 2 N–H and O–H groups in total. The van der Waals surface area contributed by atoms with E-state index in [0.29, 0.717) is 12.5 Å². The summed E-state index contributed by atoms with van der Waals surface area (Å²) >= 11 is 1.73. The average molecular weight is 445 g/mol. The van der Waals surface area contributed by atoms with Crippen LogP contribution >= 0.6 is 35.3 Å². The minimum atomic E-state index is 0. The van der Waals surface area contributed by atoms with Crippen LogP contribution in [0.2, 0.25) is 0 Å². The Bertz CT molecular complexity index is 602. The van der Waals surface area contributed by atoms with Crippen molar-refractivity contribution in [2.75, 3.05) is 20.7 Å². The van der Waals surface area contributed by atoms with E-state index < -0.39 is 0 Å². The van der Waals surface area contributed by atoms with Crippen LogP contribution < -0.4 is 15.4 Å². The lowest BCUT2D eigenvalue weighted by molar-refractivity contribution is 0.414. The van der Waals surface area contributed by atoms with Crippen LogP contribution in [0.15, 0.2) is 46.1 Å². The molecule has 2 rings (SSSR count). The van der Waals surface area contributed by atoms with Crippen molar-refractivity contribution in [3.8, 4) is 5.75 Å². The number of nitrogens with zero attached hydrogens (tertiary/aromatic N) is 1. The molecule has 2 aromatic rings. The molecule has 0 spiro atoms. The first kappa shape index (κ1) is 19.8. The lowest BCUT2D eigenvalue weighted by Gasteiger charge is -2.15. The van der Waals surface area contributed by atoms with Crippen molar-refractivity contribution in [2.45, 2.75) is 19.4 Å². The Morgan fingerprint density at radius 3 is 2.78 bits per heavy atom.